The zero-order valence-corrected chi connectivity index (χ0v) is 12.4. The lowest BCUT2D eigenvalue weighted by molar-refractivity contribution is 0.479. The van der Waals surface area contributed by atoms with Crippen molar-refractivity contribution in [3.63, 3.8) is 0 Å². The molecule has 0 radical (unpaired) electrons. The van der Waals surface area contributed by atoms with Crippen LogP contribution in [0.25, 0.3) is 0 Å². The third kappa shape index (κ3) is 4.51. The third-order valence-corrected chi connectivity index (χ3v) is 5.87. The van der Waals surface area contributed by atoms with E-state index in [0.29, 0.717) is 6.54 Å². The molecule has 1 fully saturated rings. The lowest BCUT2D eigenvalue weighted by atomic mass is 10.2. The lowest BCUT2D eigenvalue weighted by Crippen LogP contribution is -2.46. The summed E-state index contributed by atoms with van der Waals surface area (Å²) < 4.78 is 23.7. The van der Waals surface area contributed by atoms with Crippen LogP contribution < -0.4 is 10.6 Å². The summed E-state index contributed by atoms with van der Waals surface area (Å²) in [7, 11) is -2.82. The number of hydrogen-bond donors (Lipinski definition) is 2. The second-order valence-corrected chi connectivity index (χ2v) is 8.47. The van der Waals surface area contributed by atoms with Gasteiger partial charge < -0.3 is 10.6 Å². The van der Waals surface area contributed by atoms with Gasteiger partial charge in [0.05, 0.1) is 15.8 Å². The Morgan fingerprint density at radius 1 is 1.50 bits per heavy atom. The van der Waals surface area contributed by atoms with E-state index in [1.807, 2.05) is 12.1 Å². The monoisotopic (exact) mass is 308 g/mol. The molecule has 2 N–H and O–H groups in total. The van der Waals surface area contributed by atoms with Gasteiger partial charge in [-0.1, -0.05) is 11.6 Å². The quantitative estimate of drug-likeness (QED) is 0.804. The molecule has 0 spiro atoms. The Labute approximate surface area is 117 Å². The first-order valence-corrected chi connectivity index (χ1v) is 8.95. The molecule has 102 valence electrons. The van der Waals surface area contributed by atoms with Crippen molar-refractivity contribution in [3.8, 4) is 0 Å². The minimum Gasteiger partial charge on any atom is -0.312 e. The first-order chi connectivity index (χ1) is 8.55. The Bertz CT molecular complexity index is 487. The van der Waals surface area contributed by atoms with Crippen LogP contribution in [0.4, 0.5) is 0 Å². The molecule has 1 saturated heterocycles. The largest absolute Gasteiger partial charge is 0.312 e. The second-order valence-electron chi connectivity index (χ2n) is 4.44. The highest BCUT2D eigenvalue weighted by atomic mass is 35.5. The van der Waals surface area contributed by atoms with Crippen molar-refractivity contribution < 1.29 is 8.42 Å². The van der Waals surface area contributed by atoms with Crippen LogP contribution in [0.15, 0.2) is 12.1 Å². The van der Waals surface area contributed by atoms with E-state index >= 15 is 0 Å². The maximum Gasteiger partial charge on any atom is 0.153 e. The van der Waals surface area contributed by atoms with Gasteiger partial charge in [-0.25, -0.2) is 8.42 Å². The molecule has 0 bridgehead atoms. The fourth-order valence-electron chi connectivity index (χ4n) is 1.99. The van der Waals surface area contributed by atoms with Crippen molar-refractivity contribution in [2.24, 2.45) is 0 Å². The van der Waals surface area contributed by atoms with Gasteiger partial charge in [-0.05, 0) is 25.1 Å². The maximum absolute atomic E-state index is 11.4. The molecule has 2 heterocycles. The highest BCUT2D eigenvalue weighted by Crippen LogP contribution is 2.20. The summed E-state index contributed by atoms with van der Waals surface area (Å²) in [5, 5.41) is 6.55. The van der Waals surface area contributed by atoms with Gasteiger partial charge in [-0.2, -0.15) is 0 Å². The summed E-state index contributed by atoms with van der Waals surface area (Å²) in [6, 6.07) is 3.98. The summed E-state index contributed by atoms with van der Waals surface area (Å²) in [5.74, 6) is 0.532. The molecule has 18 heavy (non-hydrogen) atoms. The van der Waals surface area contributed by atoms with Gasteiger partial charge in [0.2, 0.25) is 0 Å². The summed E-state index contributed by atoms with van der Waals surface area (Å²) in [6.45, 7) is 2.17. The molecule has 1 aromatic rings. The SMILES string of the molecule is O=S1(=O)CCNC(CCNCc2ccc(Cl)s2)C1. The molecule has 4 nitrogen and oxygen atoms in total. The van der Waals surface area contributed by atoms with Gasteiger partial charge in [0.1, 0.15) is 0 Å². The molecule has 0 aliphatic carbocycles. The van der Waals surface area contributed by atoms with Crippen molar-refractivity contribution in [2.45, 2.75) is 19.0 Å². The normalized spacial score (nSPS) is 23.1. The van der Waals surface area contributed by atoms with Crippen LogP contribution >= 0.6 is 22.9 Å². The van der Waals surface area contributed by atoms with E-state index in [1.165, 1.54) is 4.88 Å². The molecule has 7 heteroatoms. The summed E-state index contributed by atoms with van der Waals surface area (Å²) in [4.78, 5) is 1.20. The van der Waals surface area contributed by atoms with Crippen molar-refractivity contribution >= 4 is 32.8 Å². The number of rotatable bonds is 5. The zero-order valence-electron chi connectivity index (χ0n) is 9.99. The average molecular weight is 309 g/mol. The Morgan fingerprint density at radius 2 is 2.33 bits per heavy atom. The molecular weight excluding hydrogens is 292 g/mol. The van der Waals surface area contributed by atoms with E-state index in [1.54, 1.807) is 11.3 Å². The Kier molecular flexibility index (Phi) is 5.03. The Hall–Kier alpha value is -0.140. The van der Waals surface area contributed by atoms with Crippen molar-refractivity contribution in [1.82, 2.24) is 10.6 Å². The first kappa shape index (κ1) is 14.3. The number of halogens is 1. The van der Waals surface area contributed by atoms with E-state index in [4.69, 9.17) is 11.6 Å². The van der Waals surface area contributed by atoms with E-state index in [-0.39, 0.29) is 17.5 Å². The Balaban J connectivity index is 1.66. The minimum atomic E-state index is -2.82. The number of nitrogens with one attached hydrogen (secondary N) is 2. The van der Waals surface area contributed by atoms with Crippen molar-refractivity contribution in [1.29, 1.82) is 0 Å². The van der Waals surface area contributed by atoms with E-state index in [2.05, 4.69) is 10.6 Å². The van der Waals surface area contributed by atoms with Crippen LogP contribution in [0.2, 0.25) is 4.34 Å². The minimum absolute atomic E-state index is 0.0863. The van der Waals surface area contributed by atoms with Crippen LogP contribution in [0, 0.1) is 0 Å². The van der Waals surface area contributed by atoms with Gasteiger partial charge in [-0.15, -0.1) is 11.3 Å². The molecule has 0 amide bonds. The highest BCUT2D eigenvalue weighted by molar-refractivity contribution is 7.91. The first-order valence-electron chi connectivity index (χ1n) is 5.94. The second kappa shape index (κ2) is 6.34. The molecular formula is C11H17ClN2O2S2. The van der Waals surface area contributed by atoms with Gasteiger partial charge in [0.25, 0.3) is 0 Å². The number of sulfone groups is 1. The van der Waals surface area contributed by atoms with Crippen LogP contribution in [0.5, 0.6) is 0 Å². The molecule has 2 rings (SSSR count). The number of thiophene rings is 1. The van der Waals surface area contributed by atoms with Crippen LogP contribution in [0.3, 0.4) is 0 Å². The molecule has 1 aliphatic rings. The average Bonchev–Trinajstić information content (AvgIpc) is 2.69. The van der Waals surface area contributed by atoms with Gasteiger partial charge >= 0.3 is 0 Å². The predicted octanol–water partition coefficient (Wildman–Crippen LogP) is 1.27. The molecule has 0 saturated carbocycles. The Morgan fingerprint density at radius 3 is 3.00 bits per heavy atom. The van der Waals surface area contributed by atoms with E-state index in [9.17, 15) is 8.42 Å². The summed E-state index contributed by atoms with van der Waals surface area (Å²) in [6.07, 6.45) is 0.832. The highest BCUT2D eigenvalue weighted by Gasteiger charge is 2.23. The third-order valence-electron chi connectivity index (χ3n) is 2.90. The van der Waals surface area contributed by atoms with Gasteiger partial charge in [0, 0.05) is 24.0 Å². The lowest BCUT2D eigenvalue weighted by Gasteiger charge is -2.23. The van der Waals surface area contributed by atoms with Crippen LogP contribution in [-0.2, 0) is 16.4 Å². The predicted molar refractivity (Wildman–Crippen MR) is 76.1 cm³/mol. The van der Waals surface area contributed by atoms with Crippen molar-refractivity contribution in [3.05, 3.63) is 21.3 Å². The standard InChI is InChI=1S/C11H17ClN2O2S2/c12-11-2-1-10(17-11)7-13-4-3-9-8-18(15,16)6-5-14-9/h1-2,9,13-14H,3-8H2. The summed E-state index contributed by atoms with van der Waals surface area (Å²) >= 11 is 7.41. The van der Waals surface area contributed by atoms with Gasteiger partial charge in [0.15, 0.2) is 9.84 Å². The molecule has 1 aromatic heterocycles. The van der Waals surface area contributed by atoms with Gasteiger partial charge in [-0.3, -0.25) is 0 Å². The smallest absolute Gasteiger partial charge is 0.153 e. The molecule has 1 unspecified atom stereocenters. The number of hydrogen-bond acceptors (Lipinski definition) is 5. The van der Waals surface area contributed by atoms with Crippen molar-refractivity contribution in [2.75, 3.05) is 24.6 Å². The molecule has 1 atom stereocenters. The molecule has 0 aromatic carbocycles. The maximum atomic E-state index is 11.4. The molecule has 1 aliphatic heterocycles. The van der Waals surface area contributed by atoms with Crippen LogP contribution in [-0.4, -0.2) is 39.1 Å². The van der Waals surface area contributed by atoms with E-state index in [0.717, 1.165) is 23.8 Å². The van der Waals surface area contributed by atoms with Crippen LogP contribution in [0.1, 0.15) is 11.3 Å². The zero-order chi connectivity index (χ0) is 13.0. The van der Waals surface area contributed by atoms with E-state index < -0.39 is 9.84 Å². The fourth-order valence-corrected chi connectivity index (χ4v) is 4.54. The summed E-state index contributed by atoms with van der Waals surface area (Å²) in [5.41, 5.74) is 0. The topological polar surface area (TPSA) is 58.2 Å². The fraction of sp³-hybridized carbons (Fsp3) is 0.636.